The fourth-order valence-electron chi connectivity index (χ4n) is 5.12. The van der Waals surface area contributed by atoms with E-state index in [0.29, 0.717) is 16.5 Å². The van der Waals surface area contributed by atoms with Gasteiger partial charge in [-0.1, -0.05) is 126 Å². The molecule has 0 radical (unpaired) electrons. The highest BCUT2D eigenvalue weighted by atomic mass is 16.5. The molecule has 3 aromatic carbocycles. The second-order valence-electron chi connectivity index (χ2n) is 10.7. The molecule has 3 rings (SSSR count). The zero-order valence-corrected chi connectivity index (χ0v) is 24.0. The highest BCUT2D eigenvalue weighted by Gasteiger charge is 2.21. The van der Waals surface area contributed by atoms with Crippen LogP contribution < -0.4 is 15.8 Å². The normalized spacial score (nSPS) is 11.8. The Hall–Kier alpha value is -3.54. The smallest absolute Gasteiger partial charge is 0.252 e. The highest BCUT2D eigenvalue weighted by molar-refractivity contribution is 6.05. The largest absolute Gasteiger partial charge is 0.506 e. The number of fused-ring (bicyclic) bond motifs is 1. The summed E-state index contributed by atoms with van der Waals surface area (Å²) in [6.45, 7) is 2.10. The lowest BCUT2D eigenvalue weighted by Crippen LogP contribution is -2.33. The van der Waals surface area contributed by atoms with Gasteiger partial charge in [-0.25, -0.2) is 0 Å². The van der Waals surface area contributed by atoms with E-state index >= 15 is 0 Å². The van der Waals surface area contributed by atoms with Crippen LogP contribution in [0.4, 0.5) is 5.69 Å². The fraction of sp³-hybridized carbons (Fsp3) is 0.471. The van der Waals surface area contributed by atoms with Gasteiger partial charge >= 0.3 is 0 Å². The summed E-state index contributed by atoms with van der Waals surface area (Å²) in [5.41, 5.74) is 6.33. The van der Waals surface area contributed by atoms with E-state index < -0.39 is 5.91 Å². The van der Waals surface area contributed by atoms with E-state index in [1.54, 1.807) is 18.2 Å². The number of primary amides is 1. The van der Waals surface area contributed by atoms with Gasteiger partial charge in [-0.05, 0) is 24.6 Å². The summed E-state index contributed by atoms with van der Waals surface area (Å²) in [5.74, 6) is -0.656. The van der Waals surface area contributed by atoms with Crippen molar-refractivity contribution in [3.63, 3.8) is 0 Å². The third kappa shape index (κ3) is 9.89. The van der Waals surface area contributed by atoms with Crippen LogP contribution in [0, 0.1) is 0 Å². The minimum Gasteiger partial charge on any atom is -0.506 e. The predicted octanol–water partition coefficient (Wildman–Crippen LogP) is 8.16. The number of hydrogen-bond acceptors (Lipinski definition) is 5. The van der Waals surface area contributed by atoms with Crippen LogP contribution in [0.15, 0.2) is 60.7 Å². The maximum atomic E-state index is 13.3. The Kier molecular flexibility index (Phi) is 13.3. The Bertz CT molecular complexity index is 1200. The van der Waals surface area contributed by atoms with Crippen LogP contribution in [0.1, 0.15) is 101 Å². The summed E-state index contributed by atoms with van der Waals surface area (Å²) < 4.78 is 5.95. The maximum Gasteiger partial charge on any atom is 0.252 e. The van der Waals surface area contributed by atoms with E-state index in [4.69, 9.17) is 10.5 Å². The quantitative estimate of drug-likeness (QED) is 0.124. The van der Waals surface area contributed by atoms with Gasteiger partial charge in [0.2, 0.25) is 0 Å². The topological polar surface area (TPSA) is 102 Å². The number of para-hydroxylation sites is 1. The van der Waals surface area contributed by atoms with Gasteiger partial charge in [0.05, 0.1) is 11.6 Å². The molecule has 0 heterocycles. The van der Waals surface area contributed by atoms with Gasteiger partial charge in [-0.3, -0.25) is 9.59 Å². The van der Waals surface area contributed by atoms with Gasteiger partial charge in [0.1, 0.15) is 18.1 Å². The van der Waals surface area contributed by atoms with Crippen molar-refractivity contribution in [2.75, 3.05) is 11.9 Å². The first-order valence-corrected chi connectivity index (χ1v) is 15.0. The lowest BCUT2D eigenvalue weighted by atomic mass is 10.0. The van der Waals surface area contributed by atoms with E-state index in [1.807, 2.05) is 36.4 Å². The van der Waals surface area contributed by atoms with Gasteiger partial charge in [0, 0.05) is 16.5 Å². The minimum absolute atomic E-state index is 0.0309. The lowest BCUT2D eigenvalue weighted by Gasteiger charge is -2.20. The van der Waals surface area contributed by atoms with Crippen LogP contribution in [-0.4, -0.2) is 29.4 Å². The number of unbranched alkanes of at least 4 members (excludes halogenated alkanes) is 11. The molecule has 0 aliphatic heterocycles. The number of nitrogens with one attached hydrogen (secondary N) is 1. The van der Waals surface area contributed by atoms with Crippen molar-refractivity contribution >= 4 is 28.2 Å². The van der Waals surface area contributed by atoms with E-state index in [-0.39, 0.29) is 29.7 Å². The number of phenols is 1. The predicted molar refractivity (Wildman–Crippen MR) is 164 cm³/mol. The van der Waals surface area contributed by atoms with Crippen molar-refractivity contribution in [2.24, 2.45) is 5.73 Å². The van der Waals surface area contributed by atoms with Gasteiger partial charge in [-0.15, -0.1) is 0 Å². The first-order valence-electron chi connectivity index (χ1n) is 15.0. The van der Waals surface area contributed by atoms with Crippen LogP contribution >= 0.6 is 0 Å². The number of Topliss-reactive ketones (excluding diaryl/α,β-unsaturated/α-hetero) is 1. The fourth-order valence-corrected chi connectivity index (χ4v) is 5.12. The van der Waals surface area contributed by atoms with Crippen LogP contribution in [0.2, 0.25) is 0 Å². The number of benzene rings is 3. The molecule has 0 aliphatic carbocycles. The number of anilines is 1. The number of carbonyl (C=O) groups is 2. The van der Waals surface area contributed by atoms with Gasteiger partial charge < -0.3 is 20.9 Å². The number of aromatic hydroxyl groups is 1. The van der Waals surface area contributed by atoms with E-state index in [1.165, 1.54) is 70.3 Å². The summed E-state index contributed by atoms with van der Waals surface area (Å²) in [6, 6.07) is 17.8. The Morgan fingerprint density at radius 3 is 1.95 bits per heavy atom. The molecule has 0 spiro atoms. The summed E-state index contributed by atoms with van der Waals surface area (Å²) in [7, 11) is 0. The molecule has 0 fully saturated rings. The molecule has 0 bridgehead atoms. The number of nitrogens with two attached hydrogens (primary N) is 1. The number of ether oxygens (including phenoxy) is 1. The van der Waals surface area contributed by atoms with Crippen molar-refractivity contribution in [1.29, 1.82) is 0 Å². The summed E-state index contributed by atoms with van der Waals surface area (Å²) in [5, 5.41) is 14.9. The monoisotopic (exact) mass is 546 g/mol. The first-order chi connectivity index (χ1) is 19.5. The number of rotatable bonds is 20. The molecular weight excluding hydrogens is 500 g/mol. The zero-order valence-electron chi connectivity index (χ0n) is 24.0. The molecule has 1 amide bonds. The molecule has 0 saturated carbocycles. The first kappa shape index (κ1) is 31.0. The van der Waals surface area contributed by atoms with Gasteiger partial charge in [0.15, 0.2) is 5.78 Å². The van der Waals surface area contributed by atoms with Crippen molar-refractivity contribution in [3.8, 4) is 11.5 Å². The minimum atomic E-state index is -0.755. The number of amides is 1. The molecule has 6 nitrogen and oxygen atoms in total. The molecule has 40 heavy (non-hydrogen) atoms. The number of hydrogen-bond donors (Lipinski definition) is 3. The molecule has 0 saturated heterocycles. The van der Waals surface area contributed by atoms with Gasteiger partial charge in [-0.2, -0.15) is 0 Å². The molecular formula is C34H46N2O4. The number of ketones is 1. The number of carbonyl (C=O) groups excluding carboxylic acids is 2. The molecule has 216 valence electrons. The van der Waals surface area contributed by atoms with Crippen molar-refractivity contribution in [1.82, 2.24) is 0 Å². The van der Waals surface area contributed by atoms with Crippen LogP contribution in [0.5, 0.6) is 11.5 Å². The second-order valence-corrected chi connectivity index (χ2v) is 10.7. The highest BCUT2D eigenvalue weighted by Crippen LogP contribution is 2.36. The van der Waals surface area contributed by atoms with Crippen molar-refractivity contribution in [2.45, 2.75) is 96.4 Å². The molecule has 0 aromatic heterocycles. The third-order valence-electron chi connectivity index (χ3n) is 7.46. The Balaban J connectivity index is 1.52. The lowest BCUT2D eigenvalue weighted by molar-refractivity contribution is -0.121. The average molecular weight is 547 g/mol. The maximum absolute atomic E-state index is 13.3. The standard InChI is InChI=1S/C34H46N2O4/c1-2-3-4-5-6-7-8-9-10-11-12-16-23-30(36-26-19-14-13-15-20-26)31(37)25-40-32-24-29(34(35)39)33(38)28-22-18-17-21-27(28)32/h13-15,17-22,24,30,36,38H,2-12,16,23,25H2,1H3,(H2,35,39). The van der Waals surface area contributed by atoms with Crippen LogP contribution in [0.3, 0.4) is 0 Å². The second kappa shape index (κ2) is 17.2. The van der Waals surface area contributed by atoms with E-state index in [9.17, 15) is 14.7 Å². The Morgan fingerprint density at radius 2 is 1.35 bits per heavy atom. The van der Waals surface area contributed by atoms with Crippen LogP contribution in [-0.2, 0) is 4.79 Å². The van der Waals surface area contributed by atoms with Crippen molar-refractivity contribution in [3.05, 3.63) is 66.2 Å². The van der Waals surface area contributed by atoms with Gasteiger partial charge in [0.25, 0.3) is 5.91 Å². The van der Waals surface area contributed by atoms with Crippen molar-refractivity contribution < 1.29 is 19.4 Å². The molecule has 1 unspecified atom stereocenters. The molecule has 1 atom stereocenters. The Labute approximate surface area is 239 Å². The zero-order chi connectivity index (χ0) is 28.6. The van der Waals surface area contributed by atoms with Crippen LogP contribution in [0.25, 0.3) is 10.8 Å². The Morgan fingerprint density at radius 1 is 0.800 bits per heavy atom. The molecule has 0 aliphatic rings. The summed E-state index contributed by atoms with van der Waals surface area (Å²) in [6.07, 6.45) is 15.9. The van der Waals surface area contributed by atoms with E-state index in [0.717, 1.165) is 24.9 Å². The molecule has 4 N–H and O–H groups in total. The SMILES string of the molecule is CCCCCCCCCCCCCCC(Nc1ccccc1)C(=O)COc1cc(C(N)=O)c(O)c2ccccc12. The molecule has 6 heteroatoms. The summed E-state index contributed by atoms with van der Waals surface area (Å²) in [4.78, 5) is 25.2. The van der Waals surface area contributed by atoms with E-state index in [2.05, 4.69) is 12.2 Å². The summed E-state index contributed by atoms with van der Waals surface area (Å²) >= 11 is 0. The average Bonchev–Trinajstić information content (AvgIpc) is 2.97. The molecule has 3 aromatic rings. The third-order valence-corrected chi connectivity index (χ3v) is 7.46.